The van der Waals surface area contributed by atoms with Gasteiger partial charge in [-0.2, -0.15) is 5.10 Å². The molecule has 27 heavy (non-hydrogen) atoms. The van der Waals surface area contributed by atoms with E-state index in [1.54, 1.807) is 30.9 Å². The third kappa shape index (κ3) is 5.20. The monoisotopic (exact) mass is 365 g/mol. The Kier molecular flexibility index (Phi) is 5.30. The summed E-state index contributed by atoms with van der Waals surface area (Å²) in [5, 5.41) is 4.44. The van der Waals surface area contributed by atoms with Crippen molar-refractivity contribution in [3.63, 3.8) is 0 Å². The van der Waals surface area contributed by atoms with Gasteiger partial charge in [0, 0.05) is 36.4 Å². The summed E-state index contributed by atoms with van der Waals surface area (Å²) in [6.45, 7) is 9.09. The summed E-state index contributed by atoms with van der Waals surface area (Å²) in [6, 6.07) is 5.48. The van der Waals surface area contributed by atoms with Gasteiger partial charge in [-0.15, -0.1) is 0 Å². The van der Waals surface area contributed by atoms with Gasteiger partial charge in [0.05, 0.1) is 18.8 Å². The first-order valence-electron chi connectivity index (χ1n) is 8.74. The SMILES string of the molecule is Cc1cncc(Cn2nc(-c3cnc(OCC(C)(C)C)nc3)ccc2=O)c1. The summed E-state index contributed by atoms with van der Waals surface area (Å²) in [5.41, 5.74) is 3.15. The number of rotatable bonds is 5. The molecule has 0 fully saturated rings. The van der Waals surface area contributed by atoms with E-state index < -0.39 is 0 Å². The summed E-state index contributed by atoms with van der Waals surface area (Å²) in [4.78, 5) is 24.8. The van der Waals surface area contributed by atoms with Crippen LogP contribution in [0.15, 0.2) is 47.8 Å². The Labute approximate surface area is 158 Å². The van der Waals surface area contributed by atoms with Gasteiger partial charge < -0.3 is 4.74 Å². The van der Waals surface area contributed by atoms with Crippen LogP contribution in [0.1, 0.15) is 31.9 Å². The van der Waals surface area contributed by atoms with Gasteiger partial charge in [-0.25, -0.2) is 14.6 Å². The quantitative estimate of drug-likeness (QED) is 0.691. The molecule has 3 rings (SSSR count). The second kappa shape index (κ2) is 7.65. The molecule has 3 heterocycles. The Morgan fingerprint density at radius 3 is 2.48 bits per heavy atom. The van der Waals surface area contributed by atoms with Crippen LogP contribution in [0.4, 0.5) is 0 Å². The number of ether oxygens (including phenoxy) is 1. The van der Waals surface area contributed by atoms with Gasteiger partial charge in [-0.05, 0) is 29.5 Å². The maximum Gasteiger partial charge on any atom is 0.316 e. The van der Waals surface area contributed by atoms with Crippen molar-refractivity contribution in [2.75, 3.05) is 6.61 Å². The van der Waals surface area contributed by atoms with Crippen LogP contribution >= 0.6 is 0 Å². The molecule has 0 aliphatic heterocycles. The summed E-state index contributed by atoms with van der Waals surface area (Å²) in [7, 11) is 0. The topological polar surface area (TPSA) is 82.8 Å². The van der Waals surface area contributed by atoms with Crippen LogP contribution in [0.25, 0.3) is 11.3 Å². The van der Waals surface area contributed by atoms with Crippen molar-refractivity contribution in [1.29, 1.82) is 0 Å². The van der Waals surface area contributed by atoms with E-state index in [2.05, 4.69) is 40.8 Å². The Balaban J connectivity index is 1.80. The highest BCUT2D eigenvalue weighted by molar-refractivity contribution is 5.55. The number of pyridine rings is 1. The molecule has 140 valence electrons. The lowest BCUT2D eigenvalue weighted by atomic mass is 9.99. The molecular weight excluding hydrogens is 342 g/mol. The zero-order chi connectivity index (χ0) is 19.4. The van der Waals surface area contributed by atoms with Crippen molar-refractivity contribution in [1.82, 2.24) is 24.7 Å². The smallest absolute Gasteiger partial charge is 0.316 e. The van der Waals surface area contributed by atoms with Gasteiger partial charge in [0.1, 0.15) is 0 Å². The zero-order valence-electron chi connectivity index (χ0n) is 16.0. The maximum absolute atomic E-state index is 12.2. The van der Waals surface area contributed by atoms with Crippen molar-refractivity contribution in [3.8, 4) is 17.3 Å². The Hall–Kier alpha value is -3.09. The predicted octanol–water partition coefficient (Wildman–Crippen LogP) is 2.88. The molecule has 7 heteroatoms. The first-order chi connectivity index (χ1) is 12.8. The molecule has 0 unspecified atom stereocenters. The van der Waals surface area contributed by atoms with Crippen LogP contribution in [-0.2, 0) is 6.54 Å². The molecule has 0 aliphatic carbocycles. The molecule has 0 atom stereocenters. The fraction of sp³-hybridized carbons (Fsp3) is 0.350. The van der Waals surface area contributed by atoms with E-state index in [1.807, 2.05) is 13.0 Å². The molecule has 0 spiro atoms. The molecule has 0 aliphatic rings. The van der Waals surface area contributed by atoms with Crippen molar-refractivity contribution >= 4 is 0 Å². The molecule has 0 N–H and O–H groups in total. The molecule has 0 amide bonds. The molecular formula is C20H23N5O2. The molecule has 7 nitrogen and oxygen atoms in total. The largest absolute Gasteiger partial charge is 0.463 e. The molecule has 0 aromatic carbocycles. The highest BCUT2D eigenvalue weighted by Gasteiger charge is 2.12. The lowest BCUT2D eigenvalue weighted by Crippen LogP contribution is -2.23. The standard InChI is InChI=1S/C20H23N5O2/c1-14-7-15(9-21-8-14)12-25-18(26)6-5-17(24-25)16-10-22-19(23-11-16)27-13-20(2,3)4/h5-11H,12-13H2,1-4H3. The zero-order valence-corrected chi connectivity index (χ0v) is 16.0. The van der Waals surface area contributed by atoms with Gasteiger partial charge in [0.25, 0.3) is 5.56 Å². The fourth-order valence-corrected chi connectivity index (χ4v) is 2.40. The number of aryl methyl sites for hydroxylation is 1. The van der Waals surface area contributed by atoms with E-state index in [9.17, 15) is 4.79 Å². The summed E-state index contributed by atoms with van der Waals surface area (Å²) in [6.07, 6.45) is 6.81. The lowest BCUT2D eigenvalue weighted by Gasteiger charge is -2.17. The van der Waals surface area contributed by atoms with Crippen LogP contribution in [0.5, 0.6) is 6.01 Å². The van der Waals surface area contributed by atoms with Crippen LogP contribution in [-0.4, -0.2) is 31.3 Å². The van der Waals surface area contributed by atoms with Gasteiger partial charge in [0.2, 0.25) is 0 Å². The number of nitrogens with zero attached hydrogens (tertiary/aromatic N) is 5. The number of aromatic nitrogens is 5. The van der Waals surface area contributed by atoms with E-state index in [-0.39, 0.29) is 11.0 Å². The summed E-state index contributed by atoms with van der Waals surface area (Å²) < 4.78 is 7.00. The van der Waals surface area contributed by atoms with E-state index in [0.717, 1.165) is 11.1 Å². The highest BCUT2D eigenvalue weighted by atomic mass is 16.5. The van der Waals surface area contributed by atoms with Gasteiger partial charge in [-0.1, -0.05) is 26.8 Å². The van der Waals surface area contributed by atoms with Crippen molar-refractivity contribution in [3.05, 3.63) is 64.5 Å². The first kappa shape index (κ1) is 18.7. The fourth-order valence-electron chi connectivity index (χ4n) is 2.40. The van der Waals surface area contributed by atoms with Crippen LogP contribution in [0.2, 0.25) is 0 Å². The van der Waals surface area contributed by atoms with Crippen LogP contribution < -0.4 is 10.3 Å². The Morgan fingerprint density at radius 2 is 1.81 bits per heavy atom. The van der Waals surface area contributed by atoms with Gasteiger partial charge in [-0.3, -0.25) is 9.78 Å². The molecule has 3 aromatic rings. The number of hydrogen-bond donors (Lipinski definition) is 0. The minimum atomic E-state index is -0.175. The third-order valence-electron chi connectivity index (χ3n) is 3.69. The second-order valence-electron chi connectivity index (χ2n) is 7.69. The van der Waals surface area contributed by atoms with Gasteiger partial charge >= 0.3 is 6.01 Å². The van der Waals surface area contributed by atoms with Crippen molar-refractivity contribution in [2.24, 2.45) is 5.41 Å². The average molecular weight is 365 g/mol. The normalized spacial score (nSPS) is 11.4. The average Bonchev–Trinajstić information content (AvgIpc) is 2.62. The minimum Gasteiger partial charge on any atom is -0.463 e. The molecule has 0 saturated heterocycles. The third-order valence-corrected chi connectivity index (χ3v) is 3.69. The van der Waals surface area contributed by atoms with Crippen molar-refractivity contribution < 1.29 is 4.74 Å². The second-order valence-corrected chi connectivity index (χ2v) is 7.69. The van der Waals surface area contributed by atoms with Crippen LogP contribution in [0.3, 0.4) is 0 Å². The Bertz CT molecular complexity index is 975. The first-order valence-corrected chi connectivity index (χ1v) is 8.74. The van der Waals surface area contributed by atoms with Crippen LogP contribution in [0, 0.1) is 12.3 Å². The maximum atomic E-state index is 12.2. The number of hydrogen-bond acceptors (Lipinski definition) is 6. The van der Waals surface area contributed by atoms with E-state index >= 15 is 0 Å². The van der Waals surface area contributed by atoms with E-state index in [4.69, 9.17) is 4.74 Å². The predicted molar refractivity (Wildman–Crippen MR) is 103 cm³/mol. The van der Waals surface area contributed by atoms with Crippen molar-refractivity contribution in [2.45, 2.75) is 34.2 Å². The molecule has 0 bridgehead atoms. The summed E-state index contributed by atoms with van der Waals surface area (Å²) in [5.74, 6) is 0. The highest BCUT2D eigenvalue weighted by Crippen LogP contribution is 2.17. The lowest BCUT2D eigenvalue weighted by molar-refractivity contribution is 0.184. The minimum absolute atomic E-state index is 0.0315. The van der Waals surface area contributed by atoms with E-state index in [0.29, 0.717) is 30.4 Å². The summed E-state index contributed by atoms with van der Waals surface area (Å²) >= 11 is 0. The Morgan fingerprint density at radius 1 is 1.07 bits per heavy atom. The molecule has 0 radical (unpaired) electrons. The molecule has 0 saturated carbocycles. The van der Waals surface area contributed by atoms with E-state index in [1.165, 1.54) is 10.7 Å². The van der Waals surface area contributed by atoms with Gasteiger partial charge in [0.15, 0.2) is 0 Å². The molecule has 3 aromatic heterocycles.